The van der Waals surface area contributed by atoms with Gasteiger partial charge in [0.05, 0.1) is 13.7 Å². The highest BCUT2D eigenvalue weighted by Crippen LogP contribution is 1.91. The fourth-order valence-electron chi connectivity index (χ4n) is 0.385. The molecule has 0 radical (unpaired) electrons. The first-order valence-corrected chi connectivity index (χ1v) is 2.59. The molecule has 0 heterocycles. The summed E-state index contributed by atoms with van der Waals surface area (Å²) in [6, 6.07) is 0. The fraction of sp³-hybridized carbons (Fsp3) is 0.286. The second-order valence-electron chi connectivity index (χ2n) is 1.43. The van der Waals surface area contributed by atoms with Gasteiger partial charge in [0.15, 0.2) is 0 Å². The summed E-state index contributed by atoms with van der Waals surface area (Å²) in [5.74, 6) is -0.612. The van der Waals surface area contributed by atoms with Crippen LogP contribution in [-0.4, -0.2) is 24.8 Å². The maximum absolute atomic E-state index is 10.6. The van der Waals surface area contributed by atoms with E-state index in [2.05, 4.69) is 22.8 Å². The van der Waals surface area contributed by atoms with Gasteiger partial charge in [-0.2, -0.15) is 0 Å². The van der Waals surface area contributed by atoms with Crippen LogP contribution in [-0.2, 0) is 9.53 Å². The Hall–Kier alpha value is -1.27. The molecule has 0 aliphatic carbocycles. The van der Waals surface area contributed by atoms with Crippen molar-refractivity contribution in [2.45, 2.75) is 0 Å². The molecule has 10 heavy (non-hydrogen) atoms. The van der Waals surface area contributed by atoms with Crippen LogP contribution < -0.4 is 0 Å². The molecule has 0 aliphatic heterocycles. The molecule has 0 atom stereocenters. The van der Waals surface area contributed by atoms with Gasteiger partial charge in [0.25, 0.3) is 0 Å². The van der Waals surface area contributed by atoms with Crippen LogP contribution in [0.5, 0.6) is 0 Å². The Kier molecular flexibility index (Phi) is 4.01. The SMILES string of the molecule is C=C=C=C(CO)C(=O)OC. The van der Waals surface area contributed by atoms with E-state index in [0.717, 1.165) is 0 Å². The number of aliphatic hydroxyl groups is 1. The zero-order valence-electron chi connectivity index (χ0n) is 5.68. The molecular formula is C7H8O3. The second kappa shape index (κ2) is 4.59. The van der Waals surface area contributed by atoms with Crippen LogP contribution in [0, 0.1) is 0 Å². The van der Waals surface area contributed by atoms with Gasteiger partial charge in [0.1, 0.15) is 5.57 Å². The van der Waals surface area contributed by atoms with Gasteiger partial charge in [-0.15, -0.1) is 0 Å². The van der Waals surface area contributed by atoms with Crippen molar-refractivity contribution in [1.82, 2.24) is 0 Å². The highest BCUT2D eigenvalue weighted by molar-refractivity contribution is 5.88. The van der Waals surface area contributed by atoms with Crippen molar-refractivity contribution >= 4 is 5.97 Å². The van der Waals surface area contributed by atoms with E-state index in [9.17, 15) is 4.79 Å². The molecule has 0 spiro atoms. The van der Waals surface area contributed by atoms with Crippen LogP contribution in [0.25, 0.3) is 0 Å². The minimum atomic E-state index is -0.612. The van der Waals surface area contributed by atoms with Crippen molar-refractivity contribution in [2.24, 2.45) is 0 Å². The lowest BCUT2D eigenvalue weighted by atomic mass is 10.3. The van der Waals surface area contributed by atoms with Gasteiger partial charge in [0, 0.05) is 0 Å². The lowest BCUT2D eigenvalue weighted by molar-refractivity contribution is -0.136. The van der Waals surface area contributed by atoms with Gasteiger partial charge < -0.3 is 9.84 Å². The molecule has 54 valence electrons. The number of carbonyl (C=O) groups is 1. The van der Waals surface area contributed by atoms with Crippen molar-refractivity contribution in [2.75, 3.05) is 13.7 Å². The van der Waals surface area contributed by atoms with E-state index < -0.39 is 12.6 Å². The summed E-state index contributed by atoms with van der Waals surface area (Å²) in [6.45, 7) is 2.78. The Bertz CT molecular complexity index is 205. The van der Waals surface area contributed by atoms with Gasteiger partial charge in [-0.3, -0.25) is 0 Å². The third-order valence-electron chi connectivity index (χ3n) is 0.829. The van der Waals surface area contributed by atoms with E-state index in [-0.39, 0.29) is 5.57 Å². The van der Waals surface area contributed by atoms with Crippen molar-refractivity contribution in [3.8, 4) is 0 Å². The Labute approximate surface area is 58.9 Å². The van der Waals surface area contributed by atoms with Gasteiger partial charge in [-0.1, -0.05) is 11.5 Å². The first kappa shape index (κ1) is 8.73. The van der Waals surface area contributed by atoms with Crippen LogP contribution >= 0.6 is 0 Å². The predicted octanol–water partition coefficient (Wildman–Crippen LogP) is 0.0181. The Morgan fingerprint density at radius 2 is 2.40 bits per heavy atom. The van der Waals surface area contributed by atoms with E-state index >= 15 is 0 Å². The molecule has 3 heteroatoms. The number of aliphatic hydroxyl groups excluding tert-OH is 1. The monoisotopic (exact) mass is 140 g/mol. The smallest absolute Gasteiger partial charge is 0.344 e. The zero-order valence-corrected chi connectivity index (χ0v) is 5.68. The molecule has 0 aliphatic rings. The number of ether oxygens (including phenoxy) is 1. The predicted molar refractivity (Wildman–Crippen MR) is 35.3 cm³/mol. The minimum Gasteiger partial charge on any atom is -0.465 e. The Morgan fingerprint density at radius 3 is 2.70 bits per heavy atom. The number of rotatable bonds is 2. The van der Waals surface area contributed by atoms with Gasteiger partial charge in [-0.25, -0.2) is 4.79 Å². The standard InChI is InChI=1S/C7H8O3/c1-3-4-6(5-8)7(9)10-2/h8H,1,5H2,2H3. The molecule has 0 unspecified atom stereocenters. The maximum Gasteiger partial charge on any atom is 0.344 e. The maximum atomic E-state index is 10.6. The van der Waals surface area contributed by atoms with Gasteiger partial charge in [0.2, 0.25) is 0 Å². The Balaban J connectivity index is 4.53. The van der Waals surface area contributed by atoms with Crippen molar-refractivity contribution in [3.63, 3.8) is 0 Å². The average molecular weight is 140 g/mol. The zero-order chi connectivity index (χ0) is 7.98. The van der Waals surface area contributed by atoms with Gasteiger partial charge >= 0.3 is 5.97 Å². The molecule has 0 fully saturated rings. The van der Waals surface area contributed by atoms with E-state index in [1.165, 1.54) is 7.11 Å². The highest BCUT2D eigenvalue weighted by Gasteiger charge is 2.05. The third-order valence-corrected chi connectivity index (χ3v) is 0.829. The summed E-state index contributed by atoms with van der Waals surface area (Å²) in [7, 11) is 1.22. The number of hydrogen-bond donors (Lipinski definition) is 1. The molecule has 0 aromatic rings. The molecular weight excluding hydrogens is 132 g/mol. The van der Waals surface area contributed by atoms with Crippen LogP contribution in [0.15, 0.2) is 23.6 Å². The highest BCUT2D eigenvalue weighted by atomic mass is 16.5. The van der Waals surface area contributed by atoms with E-state index in [1.807, 2.05) is 0 Å². The molecule has 0 rings (SSSR count). The molecule has 0 bridgehead atoms. The first-order valence-electron chi connectivity index (χ1n) is 2.59. The third kappa shape index (κ3) is 2.33. The van der Waals surface area contributed by atoms with E-state index in [0.29, 0.717) is 0 Å². The van der Waals surface area contributed by atoms with E-state index in [1.54, 1.807) is 0 Å². The van der Waals surface area contributed by atoms with Gasteiger partial charge in [-0.05, 0) is 6.58 Å². The van der Waals surface area contributed by atoms with Crippen LogP contribution in [0.3, 0.4) is 0 Å². The van der Waals surface area contributed by atoms with Crippen LogP contribution in [0.1, 0.15) is 0 Å². The average Bonchev–Trinajstić information content (AvgIpc) is 1.99. The fourth-order valence-corrected chi connectivity index (χ4v) is 0.385. The van der Waals surface area contributed by atoms with Crippen LogP contribution in [0.4, 0.5) is 0 Å². The molecule has 0 aromatic carbocycles. The summed E-state index contributed by atoms with van der Waals surface area (Å²) in [5, 5.41) is 8.49. The number of carbonyl (C=O) groups excluding carboxylic acids is 1. The molecule has 3 nitrogen and oxygen atoms in total. The summed E-state index contributed by atoms with van der Waals surface area (Å²) >= 11 is 0. The lowest BCUT2D eigenvalue weighted by Crippen LogP contribution is -2.06. The summed E-state index contributed by atoms with van der Waals surface area (Å²) in [4.78, 5) is 10.6. The largest absolute Gasteiger partial charge is 0.465 e. The minimum absolute atomic E-state index is 0.0255. The van der Waals surface area contributed by atoms with E-state index in [4.69, 9.17) is 5.11 Å². The number of methoxy groups -OCH3 is 1. The topological polar surface area (TPSA) is 46.5 Å². The summed E-state index contributed by atoms with van der Waals surface area (Å²) in [5.41, 5.74) is 4.58. The summed E-state index contributed by atoms with van der Waals surface area (Å²) in [6.07, 6.45) is 0. The molecule has 0 aromatic heterocycles. The molecule has 0 saturated heterocycles. The number of hydrogen-bond acceptors (Lipinski definition) is 3. The second-order valence-corrected chi connectivity index (χ2v) is 1.43. The molecule has 0 saturated carbocycles. The Morgan fingerprint density at radius 1 is 1.80 bits per heavy atom. The lowest BCUT2D eigenvalue weighted by Gasteiger charge is -1.94. The van der Waals surface area contributed by atoms with Crippen molar-refractivity contribution < 1.29 is 14.6 Å². The summed E-state index contributed by atoms with van der Waals surface area (Å²) < 4.78 is 4.29. The quantitative estimate of drug-likeness (QED) is 0.334. The normalized spacial score (nSPS) is 7.40. The van der Waals surface area contributed by atoms with Crippen LogP contribution in [0.2, 0.25) is 0 Å². The van der Waals surface area contributed by atoms with Crippen molar-refractivity contribution in [1.29, 1.82) is 0 Å². The molecule has 1 N–H and O–H groups in total. The first-order chi connectivity index (χ1) is 4.76. The molecule has 0 amide bonds. The van der Waals surface area contributed by atoms with Crippen molar-refractivity contribution in [3.05, 3.63) is 23.6 Å². The number of esters is 1.